The van der Waals surface area contributed by atoms with Crippen LogP contribution in [0.5, 0.6) is 5.75 Å². The first-order chi connectivity index (χ1) is 10.1. The van der Waals surface area contributed by atoms with Crippen molar-refractivity contribution in [2.24, 2.45) is 0 Å². The van der Waals surface area contributed by atoms with Crippen LogP contribution in [0.2, 0.25) is 0 Å². The van der Waals surface area contributed by atoms with Gasteiger partial charge in [-0.3, -0.25) is 0 Å². The second kappa shape index (κ2) is 6.57. The summed E-state index contributed by atoms with van der Waals surface area (Å²) in [7, 11) is 1.68. The number of methoxy groups -OCH3 is 1. The van der Waals surface area contributed by atoms with Gasteiger partial charge in [-0.15, -0.1) is 0 Å². The molecule has 21 heavy (non-hydrogen) atoms. The summed E-state index contributed by atoms with van der Waals surface area (Å²) < 4.78 is 5.30. The second-order valence-corrected chi connectivity index (χ2v) is 5.22. The molecule has 1 aromatic carbocycles. The molecule has 0 aliphatic carbocycles. The van der Waals surface area contributed by atoms with Crippen LogP contribution in [0, 0.1) is 20.8 Å². The highest BCUT2D eigenvalue weighted by Gasteiger charge is 2.10. The van der Waals surface area contributed by atoms with Gasteiger partial charge in [0.15, 0.2) is 5.82 Å². The minimum atomic E-state index is 0.752. The van der Waals surface area contributed by atoms with E-state index in [2.05, 4.69) is 35.2 Å². The number of aryl methyl sites for hydroxylation is 2. The molecule has 4 heteroatoms. The smallest absolute Gasteiger partial charge is 0.161 e. The Balaban J connectivity index is 2.43. The van der Waals surface area contributed by atoms with Crippen molar-refractivity contribution in [1.29, 1.82) is 0 Å². The Morgan fingerprint density at radius 2 is 1.90 bits per heavy atom. The SMILES string of the molecule is CCCNc1nc(-c2ccc(OC)c(C)c2)nc(C)c1C. The molecule has 4 nitrogen and oxygen atoms in total. The molecule has 0 unspecified atom stereocenters. The third-order valence-electron chi connectivity index (χ3n) is 3.58. The molecule has 0 spiro atoms. The predicted octanol–water partition coefficient (Wildman–Crippen LogP) is 3.90. The number of nitrogens with zero attached hydrogens (tertiary/aromatic N) is 2. The molecule has 0 radical (unpaired) electrons. The minimum absolute atomic E-state index is 0.752. The van der Waals surface area contributed by atoms with Crippen LogP contribution >= 0.6 is 0 Å². The van der Waals surface area contributed by atoms with Gasteiger partial charge in [-0.05, 0) is 51.0 Å². The van der Waals surface area contributed by atoms with Crippen LogP contribution in [0.25, 0.3) is 11.4 Å². The van der Waals surface area contributed by atoms with Crippen molar-refractivity contribution >= 4 is 5.82 Å². The van der Waals surface area contributed by atoms with Crippen molar-refractivity contribution in [3.8, 4) is 17.1 Å². The summed E-state index contributed by atoms with van der Waals surface area (Å²) in [4.78, 5) is 9.29. The Morgan fingerprint density at radius 3 is 2.52 bits per heavy atom. The lowest BCUT2D eigenvalue weighted by Gasteiger charge is -2.12. The van der Waals surface area contributed by atoms with Gasteiger partial charge in [-0.2, -0.15) is 0 Å². The van der Waals surface area contributed by atoms with Crippen LogP contribution in [-0.4, -0.2) is 23.6 Å². The van der Waals surface area contributed by atoms with Gasteiger partial charge in [0, 0.05) is 23.4 Å². The van der Waals surface area contributed by atoms with Crippen molar-refractivity contribution in [2.75, 3.05) is 19.0 Å². The molecule has 0 atom stereocenters. The first kappa shape index (κ1) is 15.3. The average molecular weight is 285 g/mol. The molecule has 0 aliphatic heterocycles. The maximum Gasteiger partial charge on any atom is 0.161 e. The van der Waals surface area contributed by atoms with Gasteiger partial charge in [-0.25, -0.2) is 9.97 Å². The summed E-state index contributed by atoms with van der Waals surface area (Å²) in [6, 6.07) is 6.02. The zero-order valence-electron chi connectivity index (χ0n) is 13.4. The monoisotopic (exact) mass is 285 g/mol. The van der Waals surface area contributed by atoms with Gasteiger partial charge in [0.05, 0.1) is 7.11 Å². The fourth-order valence-electron chi connectivity index (χ4n) is 2.19. The number of benzene rings is 1. The van der Waals surface area contributed by atoms with Crippen LogP contribution in [0.1, 0.15) is 30.2 Å². The van der Waals surface area contributed by atoms with Crippen LogP contribution in [0.3, 0.4) is 0 Å². The van der Waals surface area contributed by atoms with Crippen LogP contribution in [-0.2, 0) is 0 Å². The molecule has 112 valence electrons. The van der Waals surface area contributed by atoms with E-state index in [9.17, 15) is 0 Å². The Kier molecular flexibility index (Phi) is 4.78. The lowest BCUT2D eigenvalue weighted by atomic mass is 10.1. The number of aromatic nitrogens is 2. The lowest BCUT2D eigenvalue weighted by molar-refractivity contribution is 0.412. The number of rotatable bonds is 5. The summed E-state index contributed by atoms with van der Waals surface area (Å²) in [5.41, 5.74) is 4.21. The van der Waals surface area contributed by atoms with E-state index in [-0.39, 0.29) is 0 Å². The third-order valence-corrected chi connectivity index (χ3v) is 3.58. The lowest BCUT2D eigenvalue weighted by Crippen LogP contribution is -2.07. The normalized spacial score (nSPS) is 10.5. The van der Waals surface area contributed by atoms with Crippen molar-refractivity contribution in [3.63, 3.8) is 0 Å². The molecule has 0 amide bonds. The standard InChI is InChI=1S/C17H23N3O/c1-6-9-18-16-12(3)13(4)19-17(20-16)14-7-8-15(21-5)11(2)10-14/h7-8,10H,6,9H2,1-5H3,(H,18,19,20). The van der Waals surface area contributed by atoms with E-state index < -0.39 is 0 Å². The van der Waals surface area contributed by atoms with Crippen LogP contribution in [0.15, 0.2) is 18.2 Å². The van der Waals surface area contributed by atoms with Gasteiger partial charge in [0.2, 0.25) is 0 Å². The number of ether oxygens (including phenoxy) is 1. The minimum Gasteiger partial charge on any atom is -0.496 e. The van der Waals surface area contributed by atoms with E-state index in [1.54, 1.807) is 7.11 Å². The molecule has 0 saturated carbocycles. The van der Waals surface area contributed by atoms with Crippen molar-refractivity contribution in [1.82, 2.24) is 9.97 Å². The largest absolute Gasteiger partial charge is 0.496 e. The molecule has 1 heterocycles. The molecular weight excluding hydrogens is 262 g/mol. The highest BCUT2D eigenvalue weighted by Crippen LogP contribution is 2.26. The number of hydrogen-bond donors (Lipinski definition) is 1. The summed E-state index contributed by atoms with van der Waals surface area (Å²) in [6.07, 6.45) is 1.07. The molecule has 0 aliphatic rings. The van der Waals surface area contributed by atoms with Gasteiger partial charge in [0.1, 0.15) is 11.6 Å². The van der Waals surface area contributed by atoms with Gasteiger partial charge in [-0.1, -0.05) is 6.92 Å². The summed E-state index contributed by atoms with van der Waals surface area (Å²) >= 11 is 0. The maximum atomic E-state index is 5.30. The zero-order valence-corrected chi connectivity index (χ0v) is 13.4. The fraction of sp³-hybridized carbons (Fsp3) is 0.412. The van der Waals surface area contributed by atoms with Crippen LogP contribution in [0.4, 0.5) is 5.82 Å². The number of nitrogens with one attached hydrogen (secondary N) is 1. The van der Waals surface area contributed by atoms with Crippen molar-refractivity contribution in [3.05, 3.63) is 35.0 Å². The maximum absolute atomic E-state index is 5.30. The molecule has 0 saturated heterocycles. The highest BCUT2D eigenvalue weighted by molar-refractivity contribution is 5.62. The number of hydrogen-bond acceptors (Lipinski definition) is 4. The van der Waals surface area contributed by atoms with Gasteiger partial charge < -0.3 is 10.1 Å². The average Bonchev–Trinajstić information content (AvgIpc) is 2.48. The van der Waals surface area contributed by atoms with E-state index >= 15 is 0 Å². The van der Waals surface area contributed by atoms with E-state index in [1.807, 2.05) is 26.0 Å². The zero-order chi connectivity index (χ0) is 15.4. The first-order valence-electron chi connectivity index (χ1n) is 7.31. The number of anilines is 1. The van der Waals surface area contributed by atoms with Gasteiger partial charge in [0.25, 0.3) is 0 Å². The predicted molar refractivity (Wildman–Crippen MR) is 87.0 cm³/mol. The highest BCUT2D eigenvalue weighted by atomic mass is 16.5. The summed E-state index contributed by atoms with van der Waals surface area (Å²) in [5.74, 6) is 2.56. The Morgan fingerprint density at radius 1 is 1.14 bits per heavy atom. The van der Waals surface area contributed by atoms with Crippen LogP contribution < -0.4 is 10.1 Å². The summed E-state index contributed by atoms with van der Waals surface area (Å²) in [5, 5.41) is 3.37. The molecule has 0 bridgehead atoms. The molecule has 2 rings (SSSR count). The quantitative estimate of drug-likeness (QED) is 0.905. The molecule has 1 N–H and O–H groups in total. The third kappa shape index (κ3) is 3.32. The molecule has 1 aromatic heterocycles. The Hall–Kier alpha value is -2.10. The Labute approximate surface area is 126 Å². The first-order valence-corrected chi connectivity index (χ1v) is 7.31. The summed E-state index contributed by atoms with van der Waals surface area (Å²) in [6.45, 7) is 9.16. The van der Waals surface area contributed by atoms with E-state index in [0.717, 1.165) is 52.7 Å². The second-order valence-electron chi connectivity index (χ2n) is 5.22. The molecule has 2 aromatic rings. The van der Waals surface area contributed by atoms with Crippen molar-refractivity contribution < 1.29 is 4.74 Å². The topological polar surface area (TPSA) is 47.0 Å². The molecule has 0 fully saturated rings. The van der Waals surface area contributed by atoms with E-state index in [4.69, 9.17) is 4.74 Å². The fourth-order valence-corrected chi connectivity index (χ4v) is 2.19. The van der Waals surface area contributed by atoms with Crippen molar-refractivity contribution in [2.45, 2.75) is 34.1 Å². The Bertz CT molecular complexity index is 638. The van der Waals surface area contributed by atoms with Gasteiger partial charge >= 0.3 is 0 Å². The van der Waals surface area contributed by atoms with E-state index in [0.29, 0.717) is 0 Å². The molecular formula is C17H23N3O. The van der Waals surface area contributed by atoms with E-state index in [1.165, 1.54) is 0 Å².